The molecule has 0 aromatic rings. The number of carbonyl (C=O) groups is 1. The van der Waals surface area contributed by atoms with Gasteiger partial charge in [0.1, 0.15) is 0 Å². The van der Waals surface area contributed by atoms with Crippen LogP contribution in [0.5, 0.6) is 0 Å². The molecule has 4 heteroatoms. The van der Waals surface area contributed by atoms with E-state index < -0.39 is 0 Å². The molecule has 1 amide bonds. The van der Waals surface area contributed by atoms with Crippen molar-refractivity contribution in [1.82, 2.24) is 10.2 Å². The lowest BCUT2D eigenvalue weighted by atomic mass is 10.1. The quantitative estimate of drug-likeness (QED) is 0.648. The van der Waals surface area contributed by atoms with Gasteiger partial charge in [-0.3, -0.25) is 9.69 Å². The summed E-state index contributed by atoms with van der Waals surface area (Å²) in [4.78, 5) is 14.2. The molecule has 3 nitrogen and oxygen atoms in total. The standard InChI is InChI=1S/C13H24N2OS/c1-2-15(11-3-4-11)8-7-14-12(16)9-13(10-17)5-6-13/h11,17H,2-10H2,1H3,(H,14,16). The highest BCUT2D eigenvalue weighted by Gasteiger charge is 2.42. The predicted molar refractivity (Wildman–Crippen MR) is 73.4 cm³/mol. The molecule has 0 aromatic heterocycles. The maximum atomic E-state index is 11.7. The molecule has 2 fully saturated rings. The molecule has 0 radical (unpaired) electrons. The zero-order chi connectivity index (χ0) is 12.3. The Labute approximate surface area is 110 Å². The first-order chi connectivity index (χ1) is 8.19. The highest BCUT2D eigenvalue weighted by atomic mass is 32.1. The fraction of sp³-hybridized carbons (Fsp3) is 0.923. The van der Waals surface area contributed by atoms with E-state index in [-0.39, 0.29) is 11.3 Å². The van der Waals surface area contributed by atoms with Gasteiger partial charge in [-0.2, -0.15) is 12.6 Å². The van der Waals surface area contributed by atoms with Gasteiger partial charge in [-0.25, -0.2) is 0 Å². The molecule has 0 atom stereocenters. The first-order valence-electron chi connectivity index (χ1n) is 6.81. The number of nitrogens with zero attached hydrogens (tertiary/aromatic N) is 1. The average Bonchev–Trinajstić information content (AvgIpc) is 3.18. The summed E-state index contributed by atoms with van der Waals surface area (Å²) in [6.45, 7) is 5.09. The third-order valence-electron chi connectivity index (χ3n) is 4.02. The number of amides is 1. The van der Waals surface area contributed by atoms with E-state index in [0.717, 1.165) is 31.4 Å². The second kappa shape index (κ2) is 5.61. The normalized spacial score (nSPS) is 21.6. The average molecular weight is 256 g/mol. The Morgan fingerprint density at radius 3 is 2.65 bits per heavy atom. The monoisotopic (exact) mass is 256 g/mol. The van der Waals surface area contributed by atoms with Crippen LogP contribution in [-0.2, 0) is 4.79 Å². The van der Waals surface area contributed by atoms with Crippen molar-refractivity contribution in [2.24, 2.45) is 5.41 Å². The summed E-state index contributed by atoms with van der Waals surface area (Å²) in [6.07, 6.45) is 5.70. The van der Waals surface area contributed by atoms with Crippen LogP contribution >= 0.6 is 12.6 Å². The molecule has 2 aliphatic rings. The fourth-order valence-electron chi connectivity index (χ4n) is 2.35. The van der Waals surface area contributed by atoms with Gasteiger partial charge in [0.25, 0.3) is 0 Å². The SMILES string of the molecule is CCN(CCNC(=O)CC1(CS)CC1)C1CC1. The Kier molecular flexibility index (Phi) is 4.36. The predicted octanol–water partition coefficient (Wildman–Crippen LogP) is 1.69. The minimum Gasteiger partial charge on any atom is -0.355 e. The van der Waals surface area contributed by atoms with E-state index in [4.69, 9.17) is 0 Å². The first kappa shape index (κ1) is 13.2. The topological polar surface area (TPSA) is 32.3 Å². The summed E-state index contributed by atoms with van der Waals surface area (Å²) in [5.41, 5.74) is 0.244. The molecule has 0 saturated heterocycles. The van der Waals surface area contributed by atoms with Gasteiger partial charge in [-0.1, -0.05) is 6.92 Å². The van der Waals surface area contributed by atoms with Crippen molar-refractivity contribution in [2.45, 2.75) is 45.1 Å². The minimum absolute atomic E-state index is 0.211. The van der Waals surface area contributed by atoms with Crippen molar-refractivity contribution in [1.29, 1.82) is 0 Å². The number of hydrogen-bond donors (Lipinski definition) is 2. The van der Waals surface area contributed by atoms with Crippen LogP contribution in [0.2, 0.25) is 0 Å². The number of likely N-dealkylation sites (N-methyl/N-ethyl adjacent to an activating group) is 1. The van der Waals surface area contributed by atoms with Crippen LogP contribution in [0.4, 0.5) is 0 Å². The van der Waals surface area contributed by atoms with Crippen LogP contribution in [0.1, 0.15) is 39.0 Å². The zero-order valence-electron chi connectivity index (χ0n) is 10.7. The van der Waals surface area contributed by atoms with E-state index in [1.54, 1.807) is 0 Å². The molecule has 0 heterocycles. The highest BCUT2D eigenvalue weighted by molar-refractivity contribution is 7.80. The molecule has 1 N–H and O–H groups in total. The molecule has 2 saturated carbocycles. The van der Waals surface area contributed by atoms with E-state index in [9.17, 15) is 4.79 Å². The van der Waals surface area contributed by atoms with Crippen molar-refractivity contribution in [3.63, 3.8) is 0 Å². The molecule has 17 heavy (non-hydrogen) atoms. The van der Waals surface area contributed by atoms with Crippen molar-refractivity contribution < 1.29 is 4.79 Å². The van der Waals surface area contributed by atoms with Gasteiger partial charge < -0.3 is 5.32 Å². The van der Waals surface area contributed by atoms with Gasteiger partial charge in [-0.05, 0) is 43.4 Å². The maximum Gasteiger partial charge on any atom is 0.220 e. The van der Waals surface area contributed by atoms with Crippen LogP contribution in [0.3, 0.4) is 0 Å². The molecule has 0 aliphatic heterocycles. The summed E-state index contributed by atoms with van der Waals surface area (Å²) in [5.74, 6) is 1.06. The van der Waals surface area contributed by atoms with Gasteiger partial charge in [0.05, 0.1) is 0 Å². The smallest absolute Gasteiger partial charge is 0.220 e. The van der Waals surface area contributed by atoms with Crippen LogP contribution in [0.15, 0.2) is 0 Å². The van der Waals surface area contributed by atoms with Crippen LogP contribution in [0.25, 0.3) is 0 Å². The molecular formula is C13H24N2OS. The minimum atomic E-state index is 0.211. The molecule has 2 aliphatic carbocycles. The molecule has 0 unspecified atom stereocenters. The fourth-order valence-corrected chi connectivity index (χ4v) is 2.78. The Morgan fingerprint density at radius 1 is 1.47 bits per heavy atom. The molecular weight excluding hydrogens is 232 g/mol. The van der Waals surface area contributed by atoms with Crippen LogP contribution < -0.4 is 5.32 Å². The lowest BCUT2D eigenvalue weighted by molar-refractivity contribution is -0.122. The number of rotatable bonds is 8. The van der Waals surface area contributed by atoms with Crippen LogP contribution in [0, 0.1) is 5.41 Å². The Bertz CT molecular complexity index is 275. The van der Waals surface area contributed by atoms with E-state index in [1.165, 1.54) is 25.7 Å². The van der Waals surface area contributed by atoms with Crippen molar-refractivity contribution in [2.75, 3.05) is 25.4 Å². The lowest BCUT2D eigenvalue weighted by Gasteiger charge is -2.20. The molecule has 0 spiro atoms. The second-order valence-electron chi connectivity index (χ2n) is 5.54. The van der Waals surface area contributed by atoms with E-state index in [2.05, 4.69) is 29.8 Å². The Morgan fingerprint density at radius 2 is 2.18 bits per heavy atom. The number of hydrogen-bond acceptors (Lipinski definition) is 3. The lowest BCUT2D eigenvalue weighted by Crippen LogP contribution is -2.36. The third kappa shape index (κ3) is 3.88. The van der Waals surface area contributed by atoms with Gasteiger partial charge in [0, 0.05) is 25.6 Å². The summed E-state index contributed by atoms with van der Waals surface area (Å²) < 4.78 is 0. The molecule has 2 rings (SSSR count). The number of nitrogens with one attached hydrogen (secondary N) is 1. The Balaban J connectivity index is 1.59. The van der Waals surface area contributed by atoms with E-state index in [1.807, 2.05) is 0 Å². The van der Waals surface area contributed by atoms with Gasteiger partial charge in [-0.15, -0.1) is 0 Å². The summed E-state index contributed by atoms with van der Waals surface area (Å²) in [7, 11) is 0. The van der Waals surface area contributed by atoms with Crippen molar-refractivity contribution in [3.05, 3.63) is 0 Å². The van der Waals surface area contributed by atoms with Crippen LogP contribution in [-0.4, -0.2) is 42.2 Å². The first-order valence-corrected chi connectivity index (χ1v) is 7.44. The van der Waals surface area contributed by atoms with E-state index in [0.29, 0.717) is 6.42 Å². The third-order valence-corrected chi connectivity index (χ3v) is 4.69. The van der Waals surface area contributed by atoms with Gasteiger partial charge in [0.2, 0.25) is 5.91 Å². The maximum absolute atomic E-state index is 11.7. The van der Waals surface area contributed by atoms with Gasteiger partial charge >= 0.3 is 0 Å². The highest BCUT2D eigenvalue weighted by Crippen LogP contribution is 2.49. The number of carbonyl (C=O) groups excluding carboxylic acids is 1. The second-order valence-corrected chi connectivity index (χ2v) is 5.86. The molecule has 0 bridgehead atoms. The number of thiol groups is 1. The zero-order valence-corrected chi connectivity index (χ0v) is 11.6. The molecule has 98 valence electrons. The van der Waals surface area contributed by atoms with Gasteiger partial charge in [0.15, 0.2) is 0 Å². The summed E-state index contributed by atoms with van der Waals surface area (Å²) in [6, 6.07) is 0.795. The van der Waals surface area contributed by atoms with Crippen molar-refractivity contribution in [3.8, 4) is 0 Å². The van der Waals surface area contributed by atoms with Crippen molar-refractivity contribution >= 4 is 18.5 Å². The summed E-state index contributed by atoms with van der Waals surface area (Å²) in [5, 5.41) is 3.05. The molecule has 0 aromatic carbocycles. The largest absolute Gasteiger partial charge is 0.355 e. The van der Waals surface area contributed by atoms with E-state index >= 15 is 0 Å². The Hall–Kier alpha value is -0.220. The summed E-state index contributed by atoms with van der Waals surface area (Å²) >= 11 is 4.32.